The zero-order chi connectivity index (χ0) is 16.0. The third kappa shape index (κ3) is 8.65. The highest BCUT2D eigenvalue weighted by molar-refractivity contribution is 7.80. The standard InChI is InChI=1S/C15H22O5S2/c16-15(13-3-1-2-4-14(13)22)20-10-9-18-6-5-17-7-8-19-11-12-21/h1-4,21-22H,5-12H2. The molecule has 1 aromatic rings. The minimum absolute atomic E-state index is 0.200. The van der Waals surface area contributed by atoms with Crippen molar-refractivity contribution in [3.63, 3.8) is 0 Å². The number of carbonyl (C=O) groups is 1. The highest BCUT2D eigenvalue weighted by Gasteiger charge is 2.09. The molecule has 0 bridgehead atoms. The van der Waals surface area contributed by atoms with E-state index in [1.807, 2.05) is 6.07 Å². The predicted molar refractivity (Wildman–Crippen MR) is 90.3 cm³/mol. The van der Waals surface area contributed by atoms with Gasteiger partial charge in [-0.25, -0.2) is 4.79 Å². The van der Waals surface area contributed by atoms with Crippen molar-refractivity contribution in [3.8, 4) is 0 Å². The van der Waals surface area contributed by atoms with Crippen LogP contribution >= 0.6 is 25.3 Å². The first-order valence-corrected chi connectivity index (χ1v) is 8.13. The lowest BCUT2D eigenvalue weighted by atomic mass is 10.2. The Labute approximate surface area is 142 Å². The van der Waals surface area contributed by atoms with E-state index < -0.39 is 5.97 Å². The Morgan fingerprint density at radius 1 is 0.864 bits per heavy atom. The minimum Gasteiger partial charge on any atom is -0.460 e. The van der Waals surface area contributed by atoms with Crippen LogP contribution in [0.15, 0.2) is 29.2 Å². The average molecular weight is 346 g/mol. The third-order valence-electron chi connectivity index (χ3n) is 2.56. The summed E-state index contributed by atoms with van der Waals surface area (Å²) in [6.45, 7) is 3.19. The Hall–Kier alpha value is -0.730. The monoisotopic (exact) mass is 346 g/mol. The van der Waals surface area contributed by atoms with Gasteiger partial charge in [0.05, 0.1) is 45.2 Å². The molecule has 0 saturated heterocycles. The Bertz CT molecular complexity index is 428. The van der Waals surface area contributed by atoms with Gasteiger partial charge in [-0.3, -0.25) is 0 Å². The van der Waals surface area contributed by atoms with Crippen LogP contribution in [-0.4, -0.2) is 58.0 Å². The molecule has 0 aliphatic heterocycles. The molecule has 0 unspecified atom stereocenters. The summed E-state index contributed by atoms with van der Waals surface area (Å²) in [4.78, 5) is 12.4. The summed E-state index contributed by atoms with van der Waals surface area (Å²) in [6, 6.07) is 7.00. The molecule has 1 aromatic carbocycles. The van der Waals surface area contributed by atoms with Crippen LogP contribution in [0, 0.1) is 0 Å². The third-order valence-corrected chi connectivity index (χ3v) is 3.14. The Balaban J connectivity index is 1.95. The molecule has 0 N–H and O–H groups in total. The van der Waals surface area contributed by atoms with Gasteiger partial charge in [0, 0.05) is 10.6 Å². The fraction of sp³-hybridized carbons (Fsp3) is 0.533. The lowest BCUT2D eigenvalue weighted by Crippen LogP contribution is -2.14. The molecular weight excluding hydrogens is 324 g/mol. The maximum Gasteiger partial charge on any atom is 0.339 e. The van der Waals surface area contributed by atoms with Crippen LogP contribution in [0.5, 0.6) is 0 Å². The first-order chi connectivity index (χ1) is 10.8. The van der Waals surface area contributed by atoms with Crippen molar-refractivity contribution in [3.05, 3.63) is 29.8 Å². The molecule has 22 heavy (non-hydrogen) atoms. The van der Waals surface area contributed by atoms with Gasteiger partial charge in [0.25, 0.3) is 0 Å². The molecule has 7 heteroatoms. The molecule has 0 saturated carbocycles. The number of hydrogen-bond acceptors (Lipinski definition) is 7. The number of carbonyl (C=O) groups excluding carboxylic acids is 1. The average Bonchev–Trinajstić information content (AvgIpc) is 2.53. The normalized spacial score (nSPS) is 10.6. The number of ether oxygens (including phenoxy) is 4. The van der Waals surface area contributed by atoms with E-state index in [9.17, 15) is 4.79 Å². The quantitative estimate of drug-likeness (QED) is 0.345. The van der Waals surface area contributed by atoms with Crippen molar-refractivity contribution in [2.75, 3.05) is 52.0 Å². The topological polar surface area (TPSA) is 54.0 Å². The van der Waals surface area contributed by atoms with E-state index in [4.69, 9.17) is 18.9 Å². The predicted octanol–water partition coefficient (Wildman–Crippen LogP) is 2.11. The molecule has 0 radical (unpaired) electrons. The zero-order valence-electron chi connectivity index (χ0n) is 12.4. The molecule has 0 atom stereocenters. The molecule has 0 aliphatic rings. The minimum atomic E-state index is -0.396. The molecule has 124 valence electrons. The lowest BCUT2D eigenvalue weighted by molar-refractivity contribution is 0.00196. The second-order valence-corrected chi connectivity index (χ2v) is 5.14. The van der Waals surface area contributed by atoms with Crippen molar-refractivity contribution in [2.24, 2.45) is 0 Å². The van der Waals surface area contributed by atoms with Crippen molar-refractivity contribution in [1.29, 1.82) is 0 Å². The van der Waals surface area contributed by atoms with Gasteiger partial charge in [-0.1, -0.05) is 12.1 Å². The van der Waals surface area contributed by atoms with Crippen LogP contribution in [0.25, 0.3) is 0 Å². The van der Waals surface area contributed by atoms with E-state index in [0.717, 1.165) is 0 Å². The number of hydrogen-bond donors (Lipinski definition) is 2. The first kappa shape index (κ1) is 19.3. The second-order valence-electron chi connectivity index (χ2n) is 4.21. The summed E-state index contributed by atoms with van der Waals surface area (Å²) < 4.78 is 20.9. The fourth-order valence-electron chi connectivity index (χ4n) is 1.52. The van der Waals surface area contributed by atoms with Crippen LogP contribution in [0.3, 0.4) is 0 Å². The van der Waals surface area contributed by atoms with Gasteiger partial charge in [0.15, 0.2) is 0 Å². The number of thiol groups is 2. The SMILES string of the molecule is O=C(OCCOCCOCCOCCS)c1ccccc1S. The summed E-state index contributed by atoms with van der Waals surface area (Å²) in [5.74, 6) is 0.311. The van der Waals surface area contributed by atoms with E-state index in [-0.39, 0.29) is 6.61 Å². The second kappa shape index (κ2) is 12.8. The summed E-state index contributed by atoms with van der Waals surface area (Å²) in [5, 5.41) is 0. The number of rotatable bonds is 12. The van der Waals surface area contributed by atoms with Gasteiger partial charge in [-0.05, 0) is 12.1 Å². The molecule has 0 aliphatic carbocycles. The molecule has 0 amide bonds. The largest absolute Gasteiger partial charge is 0.460 e. The summed E-state index contributed by atoms with van der Waals surface area (Å²) in [5.41, 5.74) is 0.454. The molecule has 0 spiro atoms. The van der Waals surface area contributed by atoms with Gasteiger partial charge >= 0.3 is 5.97 Å². The Morgan fingerprint density at radius 3 is 2.00 bits per heavy atom. The number of esters is 1. The molecule has 5 nitrogen and oxygen atoms in total. The highest BCUT2D eigenvalue weighted by atomic mass is 32.1. The van der Waals surface area contributed by atoms with Crippen molar-refractivity contribution in [2.45, 2.75) is 4.90 Å². The molecule has 1 rings (SSSR count). The summed E-state index contributed by atoms with van der Waals surface area (Å²) in [6.07, 6.45) is 0. The van der Waals surface area contributed by atoms with E-state index in [1.165, 1.54) is 0 Å². The maximum absolute atomic E-state index is 11.8. The molecule has 0 heterocycles. The molecule has 0 fully saturated rings. The van der Waals surface area contributed by atoms with Crippen molar-refractivity contribution >= 4 is 31.2 Å². The molecular formula is C15H22O5S2. The zero-order valence-corrected chi connectivity index (χ0v) is 14.2. The van der Waals surface area contributed by atoms with Crippen molar-refractivity contribution in [1.82, 2.24) is 0 Å². The van der Waals surface area contributed by atoms with Crippen LogP contribution in [0.4, 0.5) is 0 Å². The summed E-state index contributed by atoms with van der Waals surface area (Å²) in [7, 11) is 0. The van der Waals surface area contributed by atoms with E-state index in [0.29, 0.717) is 55.9 Å². The number of benzene rings is 1. The lowest BCUT2D eigenvalue weighted by Gasteiger charge is -2.08. The highest BCUT2D eigenvalue weighted by Crippen LogP contribution is 2.13. The van der Waals surface area contributed by atoms with E-state index in [2.05, 4.69) is 25.3 Å². The van der Waals surface area contributed by atoms with E-state index >= 15 is 0 Å². The maximum atomic E-state index is 11.8. The van der Waals surface area contributed by atoms with Gasteiger partial charge in [0.2, 0.25) is 0 Å². The van der Waals surface area contributed by atoms with Crippen LogP contribution in [0.2, 0.25) is 0 Å². The van der Waals surface area contributed by atoms with Crippen LogP contribution in [0.1, 0.15) is 10.4 Å². The van der Waals surface area contributed by atoms with Gasteiger partial charge < -0.3 is 18.9 Å². The van der Waals surface area contributed by atoms with Gasteiger partial charge in [-0.2, -0.15) is 12.6 Å². The summed E-state index contributed by atoms with van der Waals surface area (Å²) >= 11 is 8.24. The Morgan fingerprint density at radius 2 is 1.41 bits per heavy atom. The fourth-order valence-corrected chi connectivity index (χ4v) is 1.90. The smallest absolute Gasteiger partial charge is 0.339 e. The first-order valence-electron chi connectivity index (χ1n) is 7.05. The van der Waals surface area contributed by atoms with Crippen LogP contribution < -0.4 is 0 Å². The van der Waals surface area contributed by atoms with E-state index in [1.54, 1.807) is 18.2 Å². The van der Waals surface area contributed by atoms with Crippen molar-refractivity contribution < 1.29 is 23.7 Å². The Kier molecular flexibility index (Phi) is 11.2. The van der Waals surface area contributed by atoms with Crippen LogP contribution in [-0.2, 0) is 18.9 Å². The molecule has 0 aromatic heterocycles. The van der Waals surface area contributed by atoms with Gasteiger partial charge in [-0.15, -0.1) is 12.6 Å². The van der Waals surface area contributed by atoms with Gasteiger partial charge in [0.1, 0.15) is 6.61 Å².